The lowest BCUT2D eigenvalue weighted by Gasteiger charge is -2.01. The van der Waals surface area contributed by atoms with E-state index in [4.69, 9.17) is 5.26 Å². The predicted molar refractivity (Wildman–Crippen MR) is 67.4 cm³/mol. The van der Waals surface area contributed by atoms with Crippen LogP contribution in [0.1, 0.15) is 19.8 Å². The number of rotatable bonds is 4. The summed E-state index contributed by atoms with van der Waals surface area (Å²) in [7, 11) is 0. The number of allylic oxidation sites excluding steroid dienone is 7. The van der Waals surface area contributed by atoms with E-state index in [0.717, 1.165) is 24.0 Å². The molecule has 1 rings (SSSR count). The molecule has 0 saturated carbocycles. The van der Waals surface area contributed by atoms with Crippen LogP contribution in [-0.4, -0.2) is 6.26 Å². The average Bonchev–Trinajstić information content (AvgIpc) is 2.77. The van der Waals surface area contributed by atoms with Crippen molar-refractivity contribution < 1.29 is 0 Å². The maximum atomic E-state index is 9.08. The van der Waals surface area contributed by atoms with Crippen LogP contribution in [0.5, 0.6) is 0 Å². The van der Waals surface area contributed by atoms with Crippen LogP contribution >= 0.6 is 11.8 Å². The molecule has 0 N–H and O–H groups in total. The van der Waals surface area contributed by atoms with Crippen LogP contribution in [0.2, 0.25) is 0 Å². The lowest BCUT2D eigenvalue weighted by atomic mass is 10.1. The third kappa shape index (κ3) is 3.45. The fraction of sp³-hybridized carbons (Fsp3) is 0.308. The van der Waals surface area contributed by atoms with Crippen LogP contribution < -0.4 is 0 Å². The molecule has 0 spiro atoms. The van der Waals surface area contributed by atoms with Crippen molar-refractivity contribution in [3.05, 3.63) is 46.4 Å². The summed E-state index contributed by atoms with van der Waals surface area (Å²) in [6.45, 7) is 2.10. The van der Waals surface area contributed by atoms with E-state index in [2.05, 4.69) is 25.1 Å². The van der Waals surface area contributed by atoms with Crippen molar-refractivity contribution in [2.45, 2.75) is 19.8 Å². The topological polar surface area (TPSA) is 23.8 Å². The van der Waals surface area contributed by atoms with Crippen LogP contribution in [0.3, 0.4) is 0 Å². The van der Waals surface area contributed by atoms with Gasteiger partial charge in [-0.3, -0.25) is 0 Å². The Bertz CT molecular complexity index is 378. The smallest absolute Gasteiger partial charge is 0.0995 e. The Morgan fingerprint density at radius 2 is 2.47 bits per heavy atom. The first-order valence-electron chi connectivity index (χ1n) is 5.03. The first kappa shape index (κ1) is 11.9. The zero-order valence-corrected chi connectivity index (χ0v) is 9.97. The fourth-order valence-electron chi connectivity index (χ4n) is 1.39. The van der Waals surface area contributed by atoms with E-state index in [0.29, 0.717) is 0 Å². The maximum absolute atomic E-state index is 9.08. The number of nitriles is 1. The number of nitrogens with zero attached hydrogens (tertiary/aromatic N) is 1. The molecule has 0 amide bonds. The SMILES string of the molecule is CC/C=C(/C=C(\C#N)C1=CC=CC1)SC. The van der Waals surface area contributed by atoms with Crippen LogP contribution in [0.4, 0.5) is 0 Å². The Labute approximate surface area is 95.9 Å². The van der Waals surface area contributed by atoms with Gasteiger partial charge in [-0.2, -0.15) is 5.26 Å². The molecule has 0 saturated heterocycles. The molecule has 0 aromatic carbocycles. The second-order valence-electron chi connectivity index (χ2n) is 3.21. The normalized spacial score (nSPS) is 16.5. The minimum Gasteiger partial charge on any atom is -0.192 e. The summed E-state index contributed by atoms with van der Waals surface area (Å²) in [6, 6.07) is 2.27. The highest BCUT2D eigenvalue weighted by molar-refractivity contribution is 8.02. The summed E-state index contributed by atoms with van der Waals surface area (Å²) in [4.78, 5) is 1.17. The van der Waals surface area contributed by atoms with Gasteiger partial charge in [-0.15, -0.1) is 11.8 Å². The summed E-state index contributed by atoms with van der Waals surface area (Å²) in [6.07, 6.45) is 14.1. The lowest BCUT2D eigenvalue weighted by Crippen LogP contribution is -1.84. The Morgan fingerprint density at radius 3 is 2.93 bits per heavy atom. The molecule has 0 heterocycles. The zero-order valence-electron chi connectivity index (χ0n) is 9.16. The summed E-state index contributed by atoms with van der Waals surface area (Å²) in [5.74, 6) is 0. The molecule has 2 heteroatoms. The van der Waals surface area contributed by atoms with Crippen molar-refractivity contribution in [2.75, 3.05) is 6.26 Å². The Kier molecular flexibility index (Phi) is 5.00. The highest BCUT2D eigenvalue weighted by Gasteiger charge is 2.06. The van der Waals surface area contributed by atoms with Gasteiger partial charge in [0.1, 0.15) is 0 Å². The van der Waals surface area contributed by atoms with Crippen molar-refractivity contribution in [1.29, 1.82) is 5.26 Å². The van der Waals surface area contributed by atoms with Crippen molar-refractivity contribution in [1.82, 2.24) is 0 Å². The van der Waals surface area contributed by atoms with E-state index in [1.54, 1.807) is 11.8 Å². The standard InChI is InChI=1S/C13H15NS/c1-3-6-13(15-2)9-12(10-14)11-7-4-5-8-11/h4-7,9H,3,8H2,1-2H3/b12-9+,13-6-. The van der Waals surface area contributed by atoms with Gasteiger partial charge in [0.25, 0.3) is 0 Å². The number of hydrogen-bond donors (Lipinski definition) is 0. The van der Waals surface area contributed by atoms with Gasteiger partial charge >= 0.3 is 0 Å². The average molecular weight is 217 g/mol. The minimum atomic E-state index is 0.786. The third-order valence-electron chi connectivity index (χ3n) is 2.17. The lowest BCUT2D eigenvalue weighted by molar-refractivity contribution is 1.22. The molecule has 0 aromatic heterocycles. The molecule has 1 nitrogen and oxygen atoms in total. The first-order valence-corrected chi connectivity index (χ1v) is 6.26. The first-order chi connectivity index (χ1) is 7.31. The van der Waals surface area contributed by atoms with Gasteiger partial charge in [0.2, 0.25) is 0 Å². The van der Waals surface area contributed by atoms with Crippen molar-refractivity contribution in [3.63, 3.8) is 0 Å². The molecule has 0 radical (unpaired) electrons. The van der Waals surface area contributed by atoms with Gasteiger partial charge in [0, 0.05) is 4.91 Å². The Balaban J connectivity index is 2.87. The van der Waals surface area contributed by atoms with Crippen molar-refractivity contribution in [2.24, 2.45) is 0 Å². The zero-order chi connectivity index (χ0) is 11.1. The molecule has 0 fully saturated rings. The second kappa shape index (κ2) is 6.31. The maximum Gasteiger partial charge on any atom is 0.0995 e. The molecule has 1 aliphatic carbocycles. The molecule has 0 bridgehead atoms. The molecule has 0 atom stereocenters. The monoisotopic (exact) mass is 217 g/mol. The third-order valence-corrected chi connectivity index (χ3v) is 2.92. The molecule has 0 unspecified atom stereocenters. The summed E-state index contributed by atoms with van der Waals surface area (Å²) < 4.78 is 0. The molecule has 78 valence electrons. The van der Waals surface area contributed by atoms with Gasteiger partial charge in [-0.1, -0.05) is 31.2 Å². The second-order valence-corrected chi connectivity index (χ2v) is 4.09. The van der Waals surface area contributed by atoms with Gasteiger partial charge in [0.15, 0.2) is 0 Å². The molecule has 0 aliphatic heterocycles. The van der Waals surface area contributed by atoms with Crippen LogP contribution in [0.15, 0.2) is 46.4 Å². The van der Waals surface area contributed by atoms with Crippen LogP contribution in [0.25, 0.3) is 0 Å². The summed E-state index contributed by atoms with van der Waals surface area (Å²) >= 11 is 1.68. The van der Waals surface area contributed by atoms with Crippen LogP contribution in [-0.2, 0) is 0 Å². The van der Waals surface area contributed by atoms with E-state index < -0.39 is 0 Å². The van der Waals surface area contributed by atoms with E-state index >= 15 is 0 Å². The van der Waals surface area contributed by atoms with E-state index in [1.165, 1.54) is 4.91 Å². The molecule has 15 heavy (non-hydrogen) atoms. The largest absolute Gasteiger partial charge is 0.192 e. The van der Waals surface area contributed by atoms with Gasteiger partial charge in [-0.25, -0.2) is 0 Å². The highest BCUT2D eigenvalue weighted by atomic mass is 32.2. The van der Waals surface area contributed by atoms with Crippen molar-refractivity contribution >= 4 is 11.8 Å². The quantitative estimate of drug-likeness (QED) is 0.525. The van der Waals surface area contributed by atoms with Gasteiger partial charge in [-0.05, 0) is 30.7 Å². The molecule has 1 aliphatic rings. The van der Waals surface area contributed by atoms with Gasteiger partial charge in [0.05, 0.1) is 11.6 Å². The summed E-state index contributed by atoms with van der Waals surface area (Å²) in [5.41, 5.74) is 1.91. The Morgan fingerprint density at radius 1 is 1.67 bits per heavy atom. The van der Waals surface area contributed by atoms with E-state index in [1.807, 2.05) is 24.5 Å². The molecule has 0 aromatic rings. The van der Waals surface area contributed by atoms with Gasteiger partial charge < -0.3 is 0 Å². The van der Waals surface area contributed by atoms with Crippen LogP contribution in [0, 0.1) is 11.3 Å². The highest BCUT2D eigenvalue weighted by Crippen LogP contribution is 2.23. The predicted octanol–water partition coefficient (Wildman–Crippen LogP) is 3.98. The van der Waals surface area contributed by atoms with E-state index in [9.17, 15) is 0 Å². The summed E-state index contributed by atoms with van der Waals surface area (Å²) in [5, 5.41) is 9.08. The van der Waals surface area contributed by atoms with E-state index in [-0.39, 0.29) is 0 Å². The molecular weight excluding hydrogens is 202 g/mol. The number of hydrogen-bond acceptors (Lipinski definition) is 2. The Hall–Kier alpha value is -1.20. The van der Waals surface area contributed by atoms with Crippen molar-refractivity contribution in [3.8, 4) is 6.07 Å². The number of thioether (sulfide) groups is 1. The minimum absolute atomic E-state index is 0.786. The fourth-order valence-corrected chi connectivity index (χ4v) is 1.96. The molecular formula is C13H15NS.